The third kappa shape index (κ3) is 3.35. The molecule has 1 N–H and O–H groups in total. The fourth-order valence-corrected chi connectivity index (χ4v) is 4.60. The Labute approximate surface area is 139 Å². The van der Waals surface area contributed by atoms with Gasteiger partial charge in [-0.25, -0.2) is 0 Å². The van der Waals surface area contributed by atoms with Gasteiger partial charge < -0.3 is 4.90 Å². The lowest BCUT2D eigenvalue weighted by atomic mass is 9.87. The van der Waals surface area contributed by atoms with E-state index in [9.17, 15) is 0 Å². The summed E-state index contributed by atoms with van der Waals surface area (Å²) in [5.41, 5.74) is 2.77. The molecule has 3 nitrogen and oxygen atoms in total. The zero-order valence-corrected chi connectivity index (χ0v) is 13.8. The molecule has 122 valence electrons. The molecule has 0 unspecified atom stereocenters. The lowest BCUT2D eigenvalue weighted by molar-refractivity contribution is 0.230. The van der Waals surface area contributed by atoms with Crippen LogP contribution < -0.4 is 0 Å². The first-order chi connectivity index (χ1) is 11.4. The Bertz CT molecular complexity index is 587. The average Bonchev–Trinajstić information content (AvgIpc) is 3.26. The highest BCUT2D eigenvalue weighted by molar-refractivity contribution is 5.27. The predicted octanol–water partition coefficient (Wildman–Crippen LogP) is 4.17. The van der Waals surface area contributed by atoms with Gasteiger partial charge in [0.1, 0.15) is 0 Å². The van der Waals surface area contributed by atoms with E-state index in [4.69, 9.17) is 0 Å². The summed E-state index contributed by atoms with van der Waals surface area (Å²) in [6.07, 6.45) is 9.07. The molecule has 0 spiro atoms. The molecule has 1 aromatic heterocycles. The maximum Gasteiger partial charge on any atom is 0.0490 e. The van der Waals surface area contributed by atoms with E-state index in [1.54, 1.807) is 0 Å². The van der Waals surface area contributed by atoms with Crippen LogP contribution in [0, 0.1) is 5.92 Å². The molecule has 2 aromatic rings. The number of aromatic nitrogens is 2. The third-order valence-corrected chi connectivity index (χ3v) is 5.79. The SMILES string of the molecule is c1ccc([C@@H]2CN(CC3CCCCC3)C[C@H]2c2ccn[nH]2)cc1. The number of nitrogens with zero attached hydrogens (tertiary/aromatic N) is 2. The van der Waals surface area contributed by atoms with E-state index in [0.717, 1.165) is 12.5 Å². The van der Waals surface area contributed by atoms with Crippen molar-refractivity contribution in [3.8, 4) is 0 Å². The van der Waals surface area contributed by atoms with Gasteiger partial charge >= 0.3 is 0 Å². The van der Waals surface area contributed by atoms with Crippen LogP contribution in [-0.2, 0) is 0 Å². The molecule has 1 aliphatic heterocycles. The first-order valence-electron chi connectivity index (χ1n) is 9.17. The number of rotatable bonds is 4. The predicted molar refractivity (Wildman–Crippen MR) is 93.5 cm³/mol. The van der Waals surface area contributed by atoms with Gasteiger partial charge in [0.2, 0.25) is 0 Å². The molecular formula is C20H27N3. The molecule has 2 aliphatic rings. The Hall–Kier alpha value is -1.61. The van der Waals surface area contributed by atoms with Gasteiger partial charge in [0.15, 0.2) is 0 Å². The van der Waals surface area contributed by atoms with Gasteiger partial charge in [-0.1, -0.05) is 49.6 Å². The lowest BCUT2D eigenvalue weighted by Gasteiger charge is -2.26. The first kappa shape index (κ1) is 14.9. The molecule has 4 rings (SSSR count). The van der Waals surface area contributed by atoms with Crippen LogP contribution >= 0.6 is 0 Å². The van der Waals surface area contributed by atoms with Gasteiger partial charge in [-0.3, -0.25) is 5.10 Å². The molecule has 1 aromatic carbocycles. The quantitative estimate of drug-likeness (QED) is 0.919. The van der Waals surface area contributed by atoms with E-state index in [1.165, 1.54) is 56.5 Å². The summed E-state index contributed by atoms with van der Waals surface area (Å²) in [6.45, 7) is 3.64. The Morgan fingerprint density at radius 3 is 2.48 bits per heavy atom. The number of hydrogen-bond acceptors (Lipinski definition) is 2. The highest BCUT2D eigenvalue weighted by atomic mass is 15.2. The first-order valence-corrected chi connectivity index (χ1v) is 9.17. The Morgan fingerprint density at radius 1 is 0.957 bits per heavy atom. The fraction of sp³-hybridized carbons (Fsp3) is 0.550. The molecule has 2 atom stereocenters. The zero-order chi connectivity index (χ0) is 15.5. The smallest absolute Gasteiger partial charge is 0.0490 e. The molecule has 23 heavy (non-hydrogen) atoms. The Morgan fingerprint density at radius 2 is 1.74 bits per heavy atom. The second-order valence-electron chi connectivity index (χ2n) is 7.36. The summed E-state index contributed by atoms with van der Waals surface area (Å²) in [7, 11) is 0. The van der Waals surface area contributed by atoms with Crippen molar-refractivity contribution in [1.82, 2.24) is 15.1 Å². The summed E-state index contributed by atoms with van der Waals surface area (Å²) < 4.78 is 0. The van der Waals surface area contributed by atoms with E-state index in [-0.39, 0.29) is 0 Å². The monoisotopic (exact) mass is 309 g/mol. The molecule has 1 saturated heterocycles. The van der Waals surface area contributed by atoms with Crippen molar-refractivity contribution in [2.75, 3.05) is 19.6 Å². The molecule has 0 bridgehead atoms. The topological polar surface area (TPSA) is 31.9 Å². The summed E-state index contributed by atoms with van der Waals surface area (Å²) in [4.78, 5) is 2.71. The average molecular weight is 309 g/mol. The number of hydrogen-bond donors (Lipinski definition) is 1. The third-order valence-electron chi connectivity index (χ3n) is 5.79. The van der Waals surface area contributed by atoms with E-state index >= 15 is 0 Å². The van der Waals surface area contributed by atoms with Gasteiger partial charge in [0.25, 0.3) is 0 Å². The Kier molecular flexibility index (Phi) is 4.47. The standard InChI is InChI=1S/C20H27N3/c1-3-7-16(8-4-1)13-23-14-18(17-9-5-2-6-10-17)19(15-23)20-11-12-21-22-20/h2,5-6,9-12,16,18-19H,1,3-4,7-8,13-15H2,(H,21,22)/t18-,19+/m0/s1. The van der Waals surface area contributed by atoms with E-state index in [1.807, 2.05) is 6.20 Å². The van der Waals surface area contributed by atoms with Crippen molar-refractivity contribution in [1.29, 1.82) is 0 Å². The van der Waals surface area contributed by atoms with Crippen LogP contribution in [0.1, 0.15) is 55.2 Å². The second-order valence-corrected chi connectivity index (χ2v) is 7.36. The van der Waals surface area contributed by atoms with Gasteiger partial charge in [0.05, 0.1) is 0 Å². The maximum absolute atomic E-state index is 4.19. The molecule has 2 fully saturated rings. The minimum absolute atomic E-state index is 0.545. The van der Waals surface area contributed by atoms with Crippen LogP contribution in [0.3, 0.4) is 0 Å². The summed E-state index contributed by atoms with van der Waals surface area (Å²) in [6, 6.07) is 13.2. The Balaban J connectivity index is 1.51. The second kappa shape index (κ2) is 6.88. The lowest BCUT2D eigenvalue weighted by Crippen LogP contribution is -2.28. The molecule has 0 radical (unpaired) electrons. The fourth-order valence-electron chi connectivity index (χ4n) is 4.60. The highest BCUT2D eigenvalue weighted by Crippen LogP contribution is 2.39. The number of nitrogens with one attached hydrogen (secondary N) is 1. The van der Waals surface area contributed by atoms with Crippen molar-refractivity contribution in [3.63, 3.8) is 0 Å². The van der Waals surface area contributed by atoms with Gasteiger partial charge in [-0.15, -0.1) is 0 Å². The number of aromatic amines is 1. The number of likely N-dealkylation sites (tertiary alicyclic amines) is 1. The van der Waals surface area contributed by atoms with Crippen molar-refractivity contribution < 1.29 is 0 Å². The molecule has 1 saturated carbocycles. The van der Waals surface area contributed by atoms with Crippen LogP contribution in [0.25, 0.3) is 0 Å². The largest absolute Gasteiger partial charge is 0.302 e. The summed E-state index contributed by atoms with van der Waals surface area (Å²) in [5, 5.41) is 7.42. The van der Waals surface area contributed by atoms with Gasteiger partial charge in [-0.05, 0) is 30.4 Å². The van der Waals surface area contributed by atoms with E-state index in [0.29, 0.717) is 11.8 Å². The molecular weight excluding hydrogens is 282 g/mol. The highest BCUT2D eigenvalue weighted by Gasteiger charge is 2.36. The van der Waals surface area contributed by atoms with E-state index < -0.39 is 0 Å². The van der Waals surface area contributed by atoms with Crippen molar-refractivity contribution in [2.45, 2.75) is 43.9 Å². The van der Waals surface area contributed by atoms with Crippen LogP contribution in [0.2, 0.25) is 0 Å². The van der Waals surface area contributed by atoms with Crippen LogP contribution in [0.4, 0.5) is 0 Å². The summed E-state index contributed by atoms with van der Waals surface area (Å²) in [5.74, 6) is 2.05. The molecule has 0 amide bonds. The summed E-state index contributed by atoms with van der Waals surface area (Å²) >= 11 is 0. The van der Waals surface area contributed by atoms with Gasteiger partial charge in [0, 0.05) is 43.4 Å². The number of H-pyrrole nitrogens is 1. The molecule has 1 aliphatic carbocycles. The van der Waals surface area contributed by atoms with Crippen molar-refractivity contribution in [2.24, 2.45) is 5.92 Å². The minimum atomic E-state index is 0.545. The molecule has 3 heteroatoms. The zero-order valence-electron chi connectivity index (χ0n) is 13.8. The van der Waals surface area contributed by atoms with Crippen LogP contribution in [-0.4, -0.2) is 34.7 Å². The van der Waals surface area contributed by atoms with E-state index in [2.05, 4.69) is 51.5 Å². The van der Waals surface area contributed by atoms with Crippen molar-refractivity contribution >= 4 is 0 Å². The maximum atomic E-state index is 4.19. The minimum Gasteiger partial charge on any atom is -0.302 e. The van der Waals surface area contributed by atoms with Crippen LogP contribution in [0.15, 0.2) is 42.6 Å². The van der Waals surface area contributed by atoms with Gasteiger partial charge in [-0.2, -0.15) is 5.10 Å². The number of benzene rings is 1. The van der Waals surface area contributed by atoms with Crippen molar-refractivity contribution in [3.05, 3.63) is 53.9 Å². The van der Waals surface area contributed by atoms with Crippen LogP contribution in [0.5, 0.6) is 0 Å². The molecule has 2 heterocycles. The normalized spacial score (nSPS) is 26.6.